The molecule has 0 saturated carbocycles. The molecular weight excluding hydrogens is 404 g/mol. The first-order valence-electron chi connectivity index (χ1n) is 8.60. The third-order valence-corrected chi connectivity index (χ3v) is 5.09. The van der Waals surface area contributed by atoms with Crippen LogP contribution in [0.4, 0.5) is 0 Å². The van der Waals surface area contributed by atoms with Crippen LogP contribution in [0.3, 0.4) is 0 Å². The maximum Gasteiger partial charge on any atom is 0.200 e. The second kappa shape index (κ2) is 7.41. The number of hydrogen-bond donors (Lipinski definition) is 0. The quantitative estimate of drug-likeness (QED) is 0.399. The Morgan fingerprint density at radius 2 is 1.78 bits per heavy atom. The van der Waals surface area contributed by atoms with E-state index in [0.717, 1.165) is 15.6 Å². The lowest BCUT2D eigenvalue weighted by Crippen LogP contribution is -2.05. The topological polar surface area (TPSA) is 39.4 Å². The smallest absolute Gasteiger partial charge is 0.200 e. The van der Waals surface area contributed by atoms with Crippen LogP contribution in [-0.4, -0.2) is 0 Å². The lowest BCUT2D eigenvalue weighted by molar-refractivity contribution is 0.305. The van der Waals surface area contributed by atoms with E-state index in [1.54, 1.807) is 12.1 Å². The van der Waals surface area contributed by atoms with E-state index in [-0.39, 0.29) is 5.43 Å². The van der Waals surface area contributed by atoms with E-state index in [0.29, 0.717) is 28.9 Å². The van der Waals surface area contributed by atoms with Gasteiger partial charge in [-0.1, -0.05) is 52.3 Å². The maximum atomic E-state index is 12.8. The molecule has 1 heterocycles. The summed E-state index contributed by atoms with van der Waals surface area (Å²) in [5, 5.41) is 0.540. The van der Waals surface area contributed by atoms with Crippen LogP contribution in [-0.2, 0) is 6.61 Å². The van der Waals surface area contributed by atoms with Crippen LogP contribution in [0.15, 0.2) is 86.7 Å². The first kappa shape index (κ1) is 17.6. The van der Waals surface area contributed by atoms with Crippen LogP contribution >= 0.6 is 15.9 Å². The molecule has 0 aliphatic heterocycles. The third kappa shape index (κ3) is 3.67. The van der Waals surface area contributed by atoms with E-state index in [9.17, 15) is 4.79 Å². The largest absolute Gasteiger partial charge is 0.489 e. The van der Waals surface area contributed by atoms with Crippen LogP contribution < -0.4 is 10.2 Å². The second-order valence-electron chi connectivity index (χ2n) is 6.36. The average molecular weight is 421 g/mol. The summed E-state index contributed by atoms with van der Waals surface area (Å²) in [6.07, 6.45) is 1.51. The molecule has 4 heteroatoms. The lowest BCUT2D eigenvalue weighted by Gasteiger charge is -2.09. The summed E-state index contributed by atoms with van der Waals surface area (Å²) in [7, 11) is 0. The summed E-state index contributed by atoms with van der Waals surface area (Å²) in [5.74, 6) is 0.672. The minimum absolute atomic E-state index is 0.0518. The molecule has 27 heavy (non-hydrogen) atoms. The highest BCUT2D eigenvalue weighted by Crippen LogP contribution is 2.25. The number of hydrogen-bond acceptors (Lipinski definition) is 3. The highest BCUT2D eigenvalue weighted by molar-refractivity contribution is 9.10. The standard InChI is InChI=1S/C23H17BrO3/c1-15-4-2-3-5-17(15)13-26-19-10-11-20-22(12-19)27-14-21(23(20)25)16-6-8-18(24)9-7-16/h2-12,14H,13H2,1H3. The fourth-order valence-electron chi connectivity index (χ4n) is 2.96. The van der Waals surface area contributed by atoms with E-state index in [1.165, 1.54) is 11.8 Å². The van der Waals surface area contributed by atoms with Gasteiger partial charge in [0, 0.05) is 10.5 Å². The van der Waals surface area contributed by atoms with Gasteiger partial charge < -0.3 is 9.15 Å². The van der Waals surface area contributed by atoms with Gasteiger partial charge in [0.25, 0.3) is 0 Å². The van der Waals surface area contributed by atoms with Crippen LogP contribution in [0.2, 0.25) is 0 Å². The molecule has 0 N–H and O–H groups in total. The van der Waals surface area contributed by atoms with Crippen LogP contribution in [0.1, 0.15) is 11.1 Å². The van der Waals surface area contributed by atoms with E-state index in [4.69, 9.17) is 9.15 Å². The Kier molecular flexibility index (Phi) is 4.82. The number of benzene rings is 3. The van der Waals surface area contributed by atoms with E-state index in [2.05, 4.69) is 28.9 Å². The van der Waals surface area contributed by atoms with Gasteiger partial charge in [-0.15, -0.1) is 0 Å². The molecule has 0 aliphatic carbocycles. The monoisotopic (exact) mass is 420 g/mol. The highest BCUT2D eigenvalue weighted by Gasteiger charge is 2.10. The Morgan fingerprint density at radius 1 is 1.00 bits per heavy atom. The van der Waals surface area contributed by atoms with Gasteiger partial charge >= 0.3 is 0 Å². The fraction of sp³-hybridized carbons (Fsp3) is 0.0870. The first-order valence-corrected chi connectivity index (χ1v) is 9.40. The SMILES string of the molecule is Cc1ccccc1COc1ccc2c(=O)c(-c3ccc(Br)cc3)coc2c1. The Balaban J connectivity index is 1.64. The number of aryl methyl sites for hydroxylation is 1. The number of fused-ring (bicyclic) bond motifs is 1. The van der Waals surface area contributed by atoms with Crippen molar-refractivity contribution in [3.8, 4) is 16.9 Å². The van der Waals surface area contributed by atoms with Crippen molar-refractivity contribution in [2.45, 2.75) is 13.5 Å². The molecule has 0 radical (unpaired) electrons. The molecular formula is C23H17BrO3. The summed E-state index contributed by atoms with van der Waals surface area (Å²) < 4.78 is 12.6. The lowest BCUT2D eigenvalue weighted by atomic mass is 10.1. The normalized spacial score (nSPS) is 10.9. The van der Waals surface area contributed by atoms with Gasteiger partial charge in [0.1, 0.15) is 24.2 Å². The minimum atomic E-state index is -0.0518. The van der Waals surface area contributed by atoms with E-state index in [1.807, 2.05) is 48.5 Å². The van der Waals surface area contributed by atoms with Gasteiger partial charge in [-0.3, -0.25) is 4.79 Å². The predicted molar refractivity (Wildman–Crippen MR) is 111 cm³/mol. The Bertz CT molecular complexity index is 1160. The van der Waals surface area contributed by atoms with Crippen molar-refractivity contribution in [1.82, 2.24) is 0 Å². The van der Waals surface area contributed by atoms with Crippen molar-refractivity contribution >= 4 is 26.9 Å². The zero-order valence-corrected chi connectivity index (χ0v) is 16.3. The molecule has 0 bridgehead atoms. The van der Waals surface area contributed by atoms with Gasteiger partial charge in [-0.05, 0) is 47.9 Å². The number of halogens is 1. The molecule has 3 nitrogen and oxygen atoms in total. The molecule has 4 rings (SSSR count). The second-order valence-corrected chi connectivity index (χ2v) is 7.27. The molecule has 0 unspecified atom stereocenters. The molecule has 0 fully saturated rings. The van der Waals surface area contributed by atoms with Crippen molar-refractivity contribution in [3.05, 3.63) is 98.8 Å². The number of ether oxygens (including phenoxy) is 1. The van der Waals surface area contributed by atoms with Gasteiger partial charge in [0.15, 0.2) is 5.43 Å². The van der Waals surface area contributed by atoms with E-state index >= 15 is 0 Å². The Hall–Kier alpha value is -2.85. The zero-order chi connectivity index (χ0) is 18.8. The molecule has 0 saturated heterocycles. The zero-order valence-electron chi connectivity index (χ0n) is 14.7. The highest BCUT2D eigenvalue weighted by atomic mass is 79.9. The van der Waals surface area contributed by atoms with Crippen LogP contribution in [0.5, 0.6) is 5.75 Å². The summed E-state index contributed by atoms with van der Waals surface area (Å²) in [5.41, 5.74) is 4.15. The third-order valence-electron chi connectivity index (χ3n) is 4.56. The molecule has 0 amide bonds. The van der Waals surface area contributed by atoms with Crippen molar-refractivity contribution in [1.29, 1.82) is 0 Å². The van der Waals surface area contributed by atoms with E-state index < -0.39 is 0 Å². The maximum absolute atomic E-state index is 12.8. The summed E-state index contributed by atoms with van der Waals surface area (Å²) in [4.78, 5) is 12.8. The van der Waals surface area contributed by atoms with Crippen LogP contribution in [0.25, 0.3) is 22.1 Å². The van der Waals surface area contributed by atoms with Crippen molar-refractivity contribution in [3.63, 3.8) is 0 Å². The Morgan fingerprint density at radius 3 is 2.56 bits per heavy atom. The molecule has 3 aromatic carbocycles. The predicted octanol–water partition coefficient (Wildman–Crippen LogP) is 6.11. The minimum Gasteiger partial charge on any atom is -0.489 e. The molecule has 0 atom stereocenters. The first-order chi connectivity index (χ1) is 13.1. The van der Waals surface area contributed by atoms with Gasteiger partial charge in [0.2, 0.25) is 0 Å². The van der Waals surface area contributed by atoms with Crippen LogP contribution in [0, 0.1) is 6.92 Å². The van der Waals surface area contributed by atoms with Gasteiger partial charge in [-0.2, -0.15) is 0 Å². The summed E-state index contributed by atoms with van der Waals surface area (Å²) >= 11 is 3.40. The molecule has 134 valence electrons. The summed E-state index contributed by atoms with van der Waals surface area (Å²) in [6, 6.07) is 21.0. The molecule has 4 aromatic rings. The van der Waals surface area contributed by atoms with Crippen molar-refractivity contribution < 1.29 is 9.15 Å². The molecule has 0 spiro atoms. The molecule has 0 aliphatic rings. The van der Waals surface area contributed by atoms with Gasteiger partial charge in [-0.25, -0.2) is 0 Å². The summed E-state index contributed by atoms with van der Waals surface area (Å²) in [6.45, 7) is 2.53. The van der Waals surface area contributed by atoms with Crippen molar-refractivity contribution in [2.75, 3.05) is 0 Å². The fourth-order valence-corrected chi connectivity index (χ4v) is 3.22. The Labute approximate surface area is 165 Å². The van der Waals surface area contributed by atoms with Crippen molar-refractivity contribution in [2.24, 2.45) is 0 Å². The van der Waals surface area contributed by atoms with Gasteiger partial charge in [0.05, 0.1) is 10.9 Å². The number of rotatable bonds is 4. The average Bonchev–Trinajstić information content (AvgIpc) is 2.68. The molecule has 1 aromatic heterocycles.